The number of nitrogens with zero attached hydrogens (tertiary/aromatic N) is 1. The highest BCUT2D eigenvalue weighted by Crippen LogP contribution is 2.39. The first-order valence-electron chi connectivity index (χ1n) is 3.88. The monoisotopic (exact) mass is 257 g/mol. The first kappa shape index (κ1) is 9.09. The summed E-state index contributed by atoms with van der Waals surface area (Å²) in [5, 5.41) is 0. The molecule has 1 aromatic rings. The van der Waals surface area contributed by atoms with Gasteiger partial charge in [0.25, 0.3) is 0 Å². The lowest BCUT2D eigenvalue weighted by molar-refractivity contribution is -0.116. The van der Waals surface area contributed by atoms with Gasteiger partial charge in [0.05, 0.1) is 11.4 Å². The summed E-state index contributed by atoms with van der Waals surface area (Å²) in [6.45, 7) is 0. The fraction of sp³-hybridized carbons (Fsp3) is 0.222. The maximum atomic E-state index is 11.4. The minimum atomic E-state index is 0.157. The topological polar surface area (TPSA) is 20.3 Å². The number of thioether (sulfide) groups is 1. The van der Waals surface area contributed by atoms with Crippen LogP contribution >= 0.6 is 27.7 Å². The summed E-state index contributed by atoms with van der Waals surface area (Å²) in [7, 11) is 1.81. The molecule has 2 nitrogen and oxygen atoms in total. The fourth-order valence-electron chi connectivity index (χ4n) is 1.30. The van der Waals surface area contributed by atoms with Crippen LogP contribution in [0, 0.1) is 0 Å². The normalized spacial score (nSPS) is 15.8. The van der Waals surface area contributed by atoms with E-state index >= 15 is 0 Å². The third-order valence-electron chi connectivity index (χ3n) is 2.01. The molecule has 68 valence electrons. The molecule has 0 fully saturated rings. The first-order valence-corrected chi connectivity index (χ1v) is 5.66. The molecule has 0 N–H and O–H groups in total. The van der Waals surface area contributed by atoms with Crippen LogP contribution in [0.5, 0.6) is 0 Å². The second-order valence-corrected chi connectivity index (χ2v) is 4.70. The Bertz CT molecular complexity index is 367. The van der Waals surface area contributed by atoms with Gasteiger partial charge < -0.3 is 4.90 Å². The van der Waals surface area contributed by atoms with Gasteiger partial charge in [-0.05, 0) is 28.1 Å². The van der Waals surface area contributed by atoms with Crippen molar-refractivity contribution in [2.45, 2.75) is 4.90 Å². The zero-order valence-electron chi connectivity index (χ0n) is 7.08. The Kier molecular flexibility index (Phi) is 2.34. The van der Waals surface area contributed by atoms with Crippen LogP contribution in [-0.4, -0.2) is 18.7 Å². The van der Waals surface area contributed by atoms with Gasteiger partial charge in [-0.1, -0.05) is 6.07 Å². The number of carbonyl (C=O) groups excluding carboxylic acids is 1. The number of rotatable bonds is 0. The van der Waals surface area contributed by atoms with Crippen molar-refractivity contribution >= 4 is 39.3 Å². The number of halogens is 1. The maximum absolute atomic E-state index is 11.4. The molecule has 0 atom stereocenters. The van der Waals surface area contributed by atoms with Crippen LogP contribution in [0.1, 0.15) is 0 Å². The Morgan fingerprint density at radius 1 is 1.54 bits per heavy atom. The Labute approximate surface area is 89.4 Å². The van der Waals surface area contributed by atoms with Crippen LogP contribution in [0.3, 0.4) is 0 Å². The molecule has 1 amide bonds. The number of para-hydroxylation sites is 1. The number of amides is 1. The third kappa shape index (κ3) is 1.48. The molecular weight excluding hydrogens is 250 g/mol. The predicted octanol–water partition coefficient (Wildman–Crippen LogP) is 2.52. The second kappa shape index (κ2) is 3.35. The van der Waals surface area contributed by atoms with E-state index in [2.05, 4.69) is 15.9 Å². The molecule has 0 unspecified atom stereocenters. The molecule has 4 heteroatoms. The van der Waals surface area contributed by atoms with E-state index in [1.807, 2.05) is 25.2 Å². The summed E-state index contributed by atoms with van der Waals surface area (Å²) in [4.78, 5) is 14.3. The largest absolute Gasteiger partial charge is 0.313 e. The number of hydrogen-bond donors (Lipinski definition) is 0. The van der Waals surface area contributed by atoms with Crippen LogP contribution in [0.4, 0.5) is 5.69 Å². The Morgan fingerprint density at radius 2 is 2.31 bits per heavy atom. The highest BCUT2D eigenvalue weighted by atomic mass is 79.9. The van der Waals surface area contributed by atoms with E-state index in [-0.39, 0.29) is 5.91 Å². The molecular formula is C9H8BrNOS. The van der Waals surface area contributed by atoms with Crippen molar-refractivity contribution < 1.29 is 4.79 Å². The summed E-state index contributed by atoms with van der Waals surface area (Å²) >= 11 is 5.04. The lowest BCUT2D eigenvalue weighted by atomic mass is 10.3. The number of benzene rings is 1. The first-order chi connectivity index (χ1) is 6.20. The molecule has 1 heterocycles. The highest BCUT2D eigenvalue weighted by molar-refractivity contribution is 9.10. The average Bonchev–Trinajstić information content (AvgIpc) is 2.12. The van der Waals surface area contributed by atoms with Crippen molar-refractivity contribution in [1.82, 2.24) is 0 Å². The van der Waals surface area contributed by atoms with Gasteiger partial charge in [-0.2, -0.15) is 0 Å². The molecule has 0 aliphatic carbocycles. The maximum Gasteiger partial charge on any atom is 0.237 e. The Morgan fingerprint density at radius 3 is 3.08 bits per heavy atom. The highest BCUT2D eigenvalue weighted by Gasteiger charge is 2.22. The van der Waals surface area contributed by atoms with Crippen LogP contribution in [-0.2, 0) is 4.79 Å². The molecule has 0 aromatic heterocycles. The fourth-order valence-corrected chi connectivity index (χ4v) is 3.09. The van der Waals surface area contributed by atoms with E-state index in [1.165, 1.54) is 0 Å². The predicted molar refractivity (Wildman–Crippen MR) is 58.3 cm³/mol. The van der Waals surface area contributed by atoms with Gasteiger partial charge in [-0.15, -0.1) is 11.8 Å². The van der Waals surface area contributed by atoms with Crippen molar-refractivity contribution in [3.05, 3.63) is 22.7 Å². The molecule has 0 saturated heterocycles. The van der Waals surface area contributed by atoms with Gasteiger partial charge in [0, 0.05) is 16.4 Å². The molecule has 13 heavy (non-hydrogen) atoms. The zero-order chi connectivity index (χ0) is 9.42. The van der Waals surface area contributed by atoms with Crippen molar-refractivity contribution in [2.24, 2.45) is 0 Å². The molecule has 2 rings (SSSR count). The summed E-state index contributed by atoms with van der Waals surface area (Å²) in [6.07, 6.45) is 0. The van der Waals surface area contributed by atoms with Crippen LogP contribution in [0.2, 0.25) is 0 Å². The van der Waals surface area contributed by atoms with E-state index in [0.29, 0.717) is 5.75 Å². The van der Waals surface area contributed by atoms with Crippen LogP contribution in [0.15, 0.2) is 27.6 Å². The van der Waals surface area contributed by atoms with E-state index in [1.54, 1.807) is 16.7 Å². The standard InChI is InChI=1S/C9H8BrNOS/c1-11-8(12)5-13-7-4-2-3-6(10)9(7)11/h2-4H,5H2,1H3. The van der Waals surface area contributed by atoms with Crippen LogP contribution < -0.4 is 4.90 Å². The molecule has 0 spiro atoms. The van der Waals surface area contributed by atoms with E-state index in [0.717, 1.165) is 15.1 Å². The van der Waals surface area contributed by atoms with Crippen molar-refractivity contribution in [3.63, 3.8) is 0 Å². The van der Waals surface area contributed by atoms with Crippen molar-refractivity contribution in [1.29, 1.82) is 0 Å². The van der Waals surface area contributed by atoms with E-state index in [4.69, 9.17) is 0 Å². The third-order valence-corrected chi connectivity index (χ3v) is 3.68. The molecule has 0 radical (unpaired) electrons. The molecule has 0 saturated carbocycles. The molecule has 1 aliphatic rings. The van der Waals surface area contributed by atoms with Gasteiger partial charge in [-0.3, -0.25) is 4.79 Å². The lowest BCUT2D eigenvalue weighted by Gasteiger charge is -2.26. The molecule has 0 bridgehead atoms. The van der Waals surface area contributed by atoms with E-state index in [9.17, 15) is 4.79 Å². The van der Waals surface area contributed by atoms with Crippen LogP contribution in [0.25, 0.3) is 0 Å². The lowest BCUT2D eigenvalue weighted by Crippen LogP contribution is -2.31. The van der Waals surface area contributed by atoms with Gasteiger partial charge in [-0.25, -0.2) is 0 Å². The van der Waals surface area contributed by atoms with Gasteiger partial charge in [0.15, 0.2) is 0 Å². The minimum Gasteiger partial charge on any atom is -0.313 e. The Balaban J connectivity index is 2.57. The summed E-state index contributed by atoms with van der Waals surface area (Å²) in [5.74, 6) is 0.698. The number of carbonyl (C=O) groups is 1. The number of hydrogen-bond acceptors (Lipinski definition) is 2. The van der Waals surface area contributed by atoms with Gasteiger partial charge >= 0.3 is 0 Å². The summed E-state index contributed by atoms with van der Waals surface area (Å²) < 4.78 is 0.980. The average molecular weight is 258 g/mol. The number of fused-ring (bicyclic) bond motifs is 1. The minimum absolute atomic E-state index is 0.157. The quantitative estimate of drug-likeness (QED) is 0.712. The molecule has 1 aliphatic heterocycles. The van der Waals surface area contributed by atoms with Gasteiger partial charge in [0.1, 0.15) is 0 Å². The smallest absolute Gasteiger partial charge is 0.237 e. The summed E-state index contributed by atoms with van der Waals surface area (Å²) in [5.41, 5.74) is 0.990. The van der Waals surface area contributed by atoms with Crippen molar-refractivity contribution in [3.8, 4) is 0 Å². The zero-order valence-corrected chi connectivity index (χ0v) is 9.48. The Hall–Kier alpha value is -0.480. The van der Waals surface area contributed by atoms with E-state index < -0.39 is 0 Å². The summed E-state index contributed by atoms with van der Waals surface area (Å²) in [6, 6.07) is 5.97. The van der Waals surface area contributed by atoms with Gasteiger partial charge in [0.2, 0.25) is 5.91 Å². The SMILES string of the molecule is CN1C(=O)CSc2cccc(Br)c21. The van der Waals surface area contributed by atoms with Crippen molar-refractivity contribution in [2.75, 3.05) is 17.7 Å². The second-order valence-electron chi connectivity index (χ2n) is 2.83. The number of anilines is 1. The molecule has 1 aromatic carbocycles.